The molecule has 98 valence electrons. The number of nitrogens with one attached hydrogen (secondary N) is 2. The standard InChI is InChI=1S/C12H16BrN3O2/c1-8-10(13)5-9(6-15-8)16-7-12(3-4-12)18-11(17)14-2/h5-6,16H,3-4,7H2,1-2H3,(H,14,17). The number of amides is 1. The van der Waals surface area contributed by atoms with Crippen LogP contribution >= 0.6 is 15.9 Å². The molecule has 1 saturated carbocycles. The van der Waals surface area contributed by atoms with Crippen molar-refractivity contribution >= 4 is 27.7 Å². The first-order chi connectivity index (χ1) is 8.54. The number of pyridine rings is 1. The van der Waals surface area contributed by atoms with Gasteiger partial charge in [0, 0.05) is 11.5 Å². The fourth-order valence-electron chi connectivity index (χ4n) is 1.57. The Morgan fingerprint density at radius 2 is 2.33 bits per heavy atom. The Bertz CT molecular complexity index is 461. The second kappa shape index (κ2) is 5.14. The summed E-state index contributed by atoms with van der Waals surface area (Å²) >= 11 is 3.44. The van der Waals surface area contributed by atoms with Crippen LogP contribution in [0.25, 0.3) is 0 Å². The van der Waals surface area contributed by atoms with E-state index in [1.165, 1.54) is 0 Å². The lowest BCUT2D eigenvalue weighted by Crippen LogP contribution is -2.32. The number of carbonyl (C=O) groups is 1. The zero-order valence-electron chi connectivity index (χ0n) is 10.4. The van der Waals surface area contributed by atoms with Crippen LogP contribution in [0.3, 0.4) is 0 Å². The average Bonchev–Trinajstić information content (AvgIpc) is 3.11. The largest absolute Gasteiger partial charge is 0.441 e. The number of hydrogen-bond donors (Lipinski definition) is 2. The summed E-state index contributed by atoms with van der Waals surface area (Å²) < 4.78 is 6.29. The van der Waals surface area contributed by atoms with E-state index in [0.29, 0.717) is 6.54 Å². The van der Waals surface area contributed by atoms with E-state index in [2.05, 4.69) is 31.5 Å². The summed E-state index contributed by atoms with van der Waals surface area (Å²) in [5.41, 5.74) is 1.51. The number of carbonyl (C=O) groups excluding carboxylic acids is 1. The van der Waals surface area contributed by atoms with Crippen LogP contribution in [0.1, 0.15) is 18.5 Å². The second-order valence-electron chi connectivity index (χ2n) is 4.47. The van der Waals surface area contributed by atoms with Gasteiger partial charge in [-0.15, -0.1) is 0 Å². The Kier molecular flexibility index (Phi) is 3.75. The van der Waals surface area contributed by atoms with Crippen LogP contribution in [0.15, 0.2) is 16.7 Å². The van der Waals surface area contributed by atoms with Gasteiger partial charge in [0.05, 0.1) is 24.1 Å². The number of hydrogen-bond acceptors (Lipinski definition) is 4. The predicted octanol–water partition coefficient (Wildman–Crippen LogP) is 2.45. The number of ether oxygens (including phenoxy) is 1. The average molecular weight is 314 g/mol. The first-order valence-corrected chi connectivity index (χ1v) is 6.61. The van der Waals surface area contributed by atoms with E-state index in [4.69, 9.17) is 4.74 Å². The molecule has 1 aliphatic carbocycles. The molecular formula is C12H16BrN3O2. The van der Waals surface area contributed by atoms with Crippen molar-refractivity contribution in [3.05, 3.63) is 22.4 Å². The summed E-state index contributed by atoms with van der Waals surface area (Å²) in [5, 5.41) is 5.71. The van der Waals surface area contributed by atoms with E-state index < -0.39 is 0 Å². The molecule has 0 atom stereocenters. The second-order valence-corrected chi connectivity index (χ2v) is 5.32. The third-order valence-electron chi connectivity index (χ3n) is 2.96. The van der Waals surface area contributed by atoms with Crippen LogP contribution in [0, 0.1) is 6.92 Å². The molecule has 0 saturated heterocycles. The molecule has 6 heteroatoms. The van der Waals surface area contributed by atoms with Gasteiger partial charge in [-0.2, -0.15) is 0 Å². The van der Waals surface area contributed by atoms with Crippen LogP contribution in [0.2, 0.25) is 0 Å². The van der Waals surface area contributed by atoms with E-state index in [9.17, 15) is 4.79 Å². The van der Waals surface area contributed by atoms with Crippen LogP contribution < -0.4 is 10.6 Å². The number of halogens is 1. The number of nitrogens with zero attached hydrogens (tertiary/aromatic N) is 1. The van der Waals surface area contributed by atoms with Gasteiger partial charge < -0.3 is 15.4 Å². The number of aryl methyl sites for hydroxylation is 1. The highest BCUT2D eigenvalue weighted by Crippen LogP contribution is 2.39. The maximum Gasteiger partial charge on any atom is 0.407 e. The van der Waals surface area contributed by atoms with Gasteiger partial charge in [0.2, 0.25) is 0 Å². The van der Waals surface area contributed by atoms with Crippen molar-refractivity contribution in [1.82, 2.24) is 10.3 Å². The van der Waals surface area contributed by atoms with Gasteiger partial charge in [0.1, 0.15) is 5.60 Å². The van der Waals surface area contributed by atoms with Gasteiger partial charge in [-0.3, -0.25) is 4.98 Å². The van der Waals surface area contributed by atoms with Crippen LogP contribution in [-0.4, -0.2) is 30.3 Å². The molecule has 1 amide bonds. The van der Waals surface area contributed by atoms with Gasteiger partial charge in [-0.05, 0) is 41.8 Å². The number of anilines is 1. The molecule has 1 fully saturated rings. The van der Waals surface area contributed by atoms with Crippen LogP contribution in [-0.2, 0) is 4.74 Å². The third kappa shape index (κ3) is 3.13. The zero-order chi connectivity index (χ0) is 13.2. The Labute approximate surface area is 114 Å². The molecular weight excluding hydrogens is 298 g/mol. The summed E-state index contributed by atoms with van der Waals surface area (Å²) in [6.45, 7) is 2.54. The van der Waals surface area contributed by atoms with E-state index in [1.807, 2.05) is 13.0 Å². The first-order valence-electron chi connectivity index (χ1n) is 5.81. The molecule has 18 heavy (non-hydrogen) atoms. The lowest BCUT2D eigenvalue weighted by Gasteiger charge is -2.17. The molecule has 1 aromatic heterocycles. The molecule has 0 bridgehead atoms. The highest BCUT2D eigenvalue weighted by molar-refractivity contribution is 9.10. The summed E-state index contributed by atoms with van der Waals surface area (Å²) in [5.74, 6) is 0. The quantitative estimate of drug-likeness (QED) is 0.896. The molecule has 1 aromatic rings. The molecule has 0 radical (unpaired) electrons. The molecule has 0 aromatic carbocycles. The molecule has 1 aliphatic rings. The summed E-state index contributed by atoms with van der Waals surface area (Å²) in [4.78, 5) is 15.4. The van der Waals surface area contributed by atoms with Crippen molar-refractivity contribution in [2.45, 2.75) is 25.4 Å². The van der Waals surface area contributed by atoms with E-state index in [0.717, 1.165) is 28.7 Å². The van der Waals surface area contributed by atoms with Crippen molar-refractivity contribution < 1.29 is 9.53 Å². The fraction of sp³-hybridized carbons (Fsp3) is 0.500. The minimum absolute atomic E-state index is 0.350. The smallest absolute Gasteiger partial charge is 0.407 e. The normalized spacial score (nSPS) is 15.9. The number of alkyl carbamates (subject to hydrolysis) is 1. The van der Waals surface area contributed by atoms with Gasteiger partial charge in [-0.1, -0.05) is 0 Å². The van der Waals surface area contributed by atoms with E-state index in [-0.39, 0.29) is 11.7 Å². The number of rotatable bonds is 4. The molecule has 0 spiro atoms. The third-order valence-corrected chi connectivity index (χ3v) is 3.76. The lowest BCUT2D eigenvalue weighted by molar-refractivity contribution is 0.0916. The maximum absolute atomic E-state index is 11.2. The molecule has 5 nitrogen and oxygen atoms in total. The van der Waals surface area contributed by atoms with Gasteiger partial charge in [0.25, 0.3) is 0 Å². The SMILES string of the molecule is CNC(=O)OC1(CNc2cnc(C)c(Br)c2)CC1. The van der Waals surface area contributed by atoms with Crippen LogP contribution in [0.5, 0.6) is 0 Å². The minimum atomic E-state index is -0.377. The molecule has 0 aliphatic heterocycles. The lowest BCUT2D eigenvalue weighted by atomic mass is 10.3. The monoisotopic (exact) mass is 313 g/mol. The number of aromatic nitrogens is 1. The minimum Gasteiger partial charge on any atom is -0.441 e. The maximum atomic E-state index is 11.2. The highest BCUT2D eigenvalue weighted by atomic mass is 79.9. The van der Waals surface area contributed by atoms with Crippen molar-refractivity contribution in [3.63, 3.8) is 0 Å². The predicted molar refractivity (Wildman–Crippen MR) is 72.7 cm³/mol. The van der Waals surface area contributed by atoms with Gasteiger partial charge in [-0.25, -0.2) is 4.79 Å². The Morgan fingerprint density at radius 1 is 1.61 bits per heavy atom. The van der Waals surface area contributed by atoms with E-state index >= 15 is 0 Å². The van der Waals surface area contributed by atoms with Crippen molar-refractivity contribution in [1.29, 1.82) is 0 Å². The Balaban J connectivity index is 1.91. The summed E-state index contributed by atoms with van der Waals surface area (Å²) in [7, 11) is 1.56. The van der Waals surface area contributed by atoms with Crippen molar-refractivity contribution in [2.75, 3.05) is 18.9 Å². The molecule has 2 N–H and O–H groups in total. The zero-order valence-corrected chi connectivity index (χ0v) is 12.0. The molecule has 0 unspecified atom stereocenters. The first kappa shape index (κ1) is 13.1. The Morgan fingerprint density at radius 3 is 2.89 bits per heavy atom. The van der Waals surface area contributed by atoms with Gasteiger partial charge >= 0.3 is 6.09 Å². The topological polar surface area (TPSA) is 63.2 Å². The van der Waals surface area contributed by atoms with Crippen LogP contribution in [0.4, 0.5) is 10.5 Å². The van der Waals surface area contributed by atoms with Crippen molar-refractivity contribution in [2.24, 2.45) is 0 Å². The fourth-order valence-corrected chi connectivity index (χ4v) is 1.92. The van der Waals surface area contributed by atoms with E-state index in [1.54, 1.807) is 13.2 Å². The summed E-state index contributed by atoms with van der Waals surface area (Å²) in [6.07, 6.45) is 3.19. The Hall–Kier alpha value is -1.30. The highest BCUT2D eigenvalue weighted by Gasteiger charge is 2.46. The van der Waals surface area contributed by atoms with Crippen molar-refractivity contribution in [3.8, 4) is 0 Å². The molecule has 1 heterocycles. The van der Waals surface area contributed by atoms with Gasteiger partial charge in [0.15, 0.2) is 0 Å². The molecule has 2 rings (SSSR count). The summed E-state index contributed by atoms with van der Waals surface area (Å²) in [6, 6.07) is 1.97.